The van der Waals surface area contributed by atoms with E-state index in [0.717, 1.165) is 31.7 Å². The van der Waals surface area contributed by atoms with Crippen molar-refractivity contribution in [3.05, 3.63) is 29.3 Å². The van der Waals surface area contributed by atoms with Crippen LogP contribution >= 0.6 is 0 Å². The van der Waals surface area contributed by atoms with E-state index in [1.54, 1.807) is 13.0 Å². The topological polar surface area (TPSA) is 87.0 Å². The summed E-state index contributed by atoms with van der Waals surface area (Å²) in [5, 5.41) is 29.5. The predicted molar refractivity (Wildman–Crippen MR) is 87.4 cm³/mol. The van der Waals surface area contributed by atoms with Gasteiger partial charge in [0.1, 0.15) is 17.1 Å². The van der Waals surface area contributed by atoms with Gasteiger partial charge in [-0.25, -0.2) is 4.79 Å². The van der Waals surface area contributed by atoms with Crippen LogP contribution in [0.3, 0.4) is 0 Å². The Morgan fingerprint density at radius 3 is 2.65 bits per heavy atom. The van der Waals surface area contributed by atoms with Crippen LogP contribution < -0.4 is 0 Å². The molecule has 0 bridgehead atoms. The minimum Gasteiger partial charge on any atom is -0.508 e. The van der Waals surface area contributed by atoms with Crippen LogP contribution in [-0.4, -0.2) is 33.5 Å². The van der Waals surface area contributed by atoms with Crippen molar-refractivity contribution in [2.24, 2.45) is 0 Å². The molecule has 0 saturated heterocycles. The molecule has 0 aliphatic carbocycles. The first-order chi connectivity index (χ1) is 11.0. The van der Waals surface area contributed by atoms with E-state index in [9.17, 15) is 20.1 Å². The molecule has 2 atom stereocenters. The summed E-state index contributed by atoms with van der Waals surface area (Å²) < 4.78 is 5.38. The number of benzene rings is 1. The molecule has 126 valence electrons. The molecular weight excluding hydrogens is 296 g/mol. The van der Waals surface area contributed by atoms with Gasteiger partial charge in [-0.1, -0.05) is 12.2 Å². The van der Waals surface area contributed by atoms with Crippen LogP contribution in [0.2, 0.25) is 0 Å². The molecule has 0 unspecified atom stereocenters. The molecule has 1 aromatic rings. The second kappa shape index (κ2) is 8.02. The molecule has 1 aromatic carbocycles. The van der Waals surface area contributed by atoms with E-state index < -0.39 is 5.97 Å². The van der Waals surface area contributed by atoms with Gasteiger partial charge in [0.05, 0.1) is 12.2 Å². The summed E-state index contributed by atoms with van der Waals surface area (Å²) in [6.07, 6.45) is 7.39. The number of phenols is 2. The Labute approximate surface area is 136 Å². The molecule has 1 heterocycles. The Kier molecular flexibility index (Phi) is 6.04. The summed E-state index contributed by atoms with van der Waals surface area (Å²) in [4.78, 5) is 12.3. The van der Waals surface area contributed by atoms with E-state index in [1.807, 2.05) is 6.08 Å². The number of carbonyl (C=O) groups is 1. The normalized spacial score (nSPS) is 23.7. The number of hydrogen-bond acceptors (Lipinski definition) is 5. The summed E-state index contributed by atoms with van der Waals surface area (Å²) in [6.45, 7) is 1.79. The number of rotatable bonds is 0. The number of hydrogen-bond donors (Lipinski definition) is 3. The molecule has 5 nitrogen and oxygen atoms in total. The molecule has 1 aliphatic heterocycles. The van der Waals surface area contributed by atoms with Gasteiger partial charge in [-0.3, -0.25) is 0 Å². The molecule has 0 spiro atoms. The predicted octanol–water partition coefficient (Wildman–Crippen LogP) is 3.37. The van der Waals surface area contributed by atoms with Gasteiger partial charge in [0.15, 0.2) is 0 Å². The highest BCUT2D eigenvalue weighted by molar-refractivity contribution is 5.97. The number of esters is 1. The Morgan fingerprint density at radius 1 is 1.13 bits per heavy atom. The molecule has 0 fully saturated rings. The fraction of sp³-hybridized carbons (Fsp3) is 0.500. The molecular formula is C18H24O5. The van der Waals surface area contributed by atoms with Gasteiger partial charge < -0.3 is 20.1 Å². The summed E-state index contributed by atoms with van der Waals surface area (Å²) in [6, 6.07) is 2.57. The number of ether oxygens (including phenoxy) is 1. The van der Waals surface area contributed by atoms with Gasteiger partial charge >= 0.3 is 5.97 Å². The molecule has 23 heavy (non-hydrogen) atoms. The maximum absolute atomic E-state index is 12.3. The average molecular weight is 320 g/mol. The molecule has 5 heteroatoms. The number of aliphatic hydroxyl groups is 1. The van der Waals surface area contributed by atoms with Crippen molar-refractivity contribution < 1.29 is 24.9 Å². The van der Waals surface area contributed by atoms with E-state index >= 15 is 0 Å². The van der Waals surface area contributed by atoms with Crippen molar-refractivity contribution in [1.29, 1.82) is 0 Å². The molecule has 0 amide bonds. The fourth-order valence-electron chi connectivity index (χ4n) is 2.75. The Bertz CT molecular complexity index is 579. The molecule has 3 N–H and O–H groups in total. The maximum Gasteiger partial charge on any atom is 0.342 e. The first-order valence-corrected chi connectivity index (χ1v) is 8.09. The van der Waals surface area contributed by atoms with Crippen molar-refractivity contribution in [2.45, 2.75) is 57.7 Å². The van der Waals surface area contributed by atoms with E-state index in [-0.39, 0.29) is 29.3 Å². The van der Waals surface area contributed by atoms with Crippen LogP contribution in [0.5, 0.6) is 11.5 Å². The second-order valence-electron chi connectivity index (χ2n) is 6.06. The van der Waals surface area contributed by atoms with Crippen molar-refractivity contribution in [2.75, 3.05) is 0 Å². The Morgan fingerprint density at radius 2 is 1.87 bits per heavy atom. The summed E-state index contributed by atoms with van der Waals surface area (Å²) >= 11 is 0. The Balaban J connectivity index is 2.30. The van der Waals surface area contributed by atoms with Crippen LogP contribution in [0.4, 0.5) is 0 Å². The third kappa shape index (κ3) is 4.99. The van der Waals surface area contributed by atoms with Crippen LogP contribution in [0.15, 0.2) is 18.2 Å². The number of phenolic OH excluding ortho intramolecular Hbond substituents is 2. The molecule has 2 rings (SSSR count). The van der Waals surface area contributed by atoms with Gasteiger partial charge in [-0.05, 0) is 57.1 Å². The van der Waals surface area contributed by atoms with Gasteiger partial charge in [0.2, 0.25) is 0 Å². The van der Waals surface area contributed by atoms with Crippen LogP contribution in [0, 0.1) is 0 Å². The quantitative estimate of drug-likeness (QED) is 0.638. The number of carbonyl (C=O) groups excluding carboxylic acids is 1. The van der Waals surface area contributed by atoms with Gasteiger partial charge in [0.25, 0.3) is 0 Å². The van der Waals surface area contributed by atoms with E-state index in [2.05, 4.69) is 0 Å². The zero-order valence-corrected chi connectivity index (χ0v) is 13.4. The minimum absolute atomic E-state index is 0.0722. The monoisotopic (exact) mass is 320 g/mol. The number of aliphatic hydroxyl groups excluding tert-OH is 1. The zero-order chi connectivity index (χ0) is 16.8. The fourth-order valence-corrected chi connectivity index (χ4v) is 2.75. The molecule has 0 saturated carbocycles. The van der Waals surface area contributed by atoms with Gasteiger partial charge in [-0.15, -0.1) is 0 Å². The van der Waals surface area contributed by atoms with Crippen LogP contribution in [-0.2, 0) is 4.74 Å². The summed E-state index contributed by atoms with van der Waals surface area (Å²) in [5.74, 6) is -1.00. The maximum atomic E-state index is 12.3. The number of allylic oxidation sites excluding steroid dienone is 1. The number of cyclic esters (lactones) is 1. The first kappa shape index (κ1) is 17.3. The number of aromatic hydroxyl groups is 2. The Hall–Kier alpha value is -2.01. The van der Waals surface area contributed by atoms with Crippen molar-refractivity contribution in [1.82, 2.24) is 0 Å². The molecule has 1 aliphatic rings. The SMILES string of the molecule is C[C@H]1CCC[C@H](O)CCCC=Cc2cc(O)cc(O)c2C(=O)O1. The second-order valence-corrected chi connectivity index (χ2v) is 6.06. The van der Waals surface area contributed by atoms with Crippen molar-refractivity contribution in [3.8, 4) is 11.5 Å². The lowest BCUT2D eigenvalue weighted by molar-refractivity contribution is 0.0307. The van der Waals surface area contributed by atoms with E-state index in [0.29, 0.717) is 18.4 Å². The summed E-state index contributed by atoms with van der Waals surface area (Å²) in [7, 11) is 0. The third-order valence-electron chi connectivity index (χ3n) is 4.00. The van der Waals surface area contributed by atoms with Crippen molar-refractivity contribution >= 4 is 12.0 Å². The van der Waals surface area contributed by atoms with E-state index in [1.165, 1.54) is 6.07 Å². The minimum atomic E-state index is -0.604. The summed E-state index contributed by atoms with van der Waals surface area (Å²) in [5.41, 5.74) is 0.500. The zero-order valence-electron chi connectivity index (χ0n) is 13.4. The standard InChI is InChI=1S/C18H24O5/c1-12-6-5-9-14(19)8-4-2-3-7-13-10-15(20)11-16(21)17(13)18(22)23-12/h3,7,10-12,14,19-21H,2,4-6,8-9H2,1H3/t12-,14+/m0/s1. The smallest absolute Gasteiger partial charge is 0.342 e. The van der Waals surface area contributed by atoms with Crippen LogP contribution in [0.25, 0.3) is 6.08 Å². The highest BCUT2D eigenvalue weighted by atomic mass is 16.5. The highest BCUT2D eigenvalue weighted by Gasteiger charge is 2.20. The van der Waals surface area contributed by atoms with Crippen molar-refractivity contribution in [3.63, 3.8) is 0 Å². The third-order valence-corrected chi connectivity index (χ3v) is 4.00. The molecule has 0 aromatic heterocycles. The highest BCUT2D eigenvalue weighted by Crippen LogP contribution is 2.30. The van der Waals surface area contributed by atoms with E-state index in [4.69, 9.17) is 4.74 Å². The largest absolute Gasteiger partial charge is 0.508 e. The van der Waals surface area contributed by atoms with Gasteiger partial charge in [0, 0.05) is 6.07 Å². The lowest BCUT2D eigenvalue weighted by Gasteiger charge is -2.17. The average Bonchev–Trinajstić information content (AvgIpc) is 2.45. The lowest BCUT2D eigenvalue weighted by atomic mass is 10.0. The lowest BCUT2D eigenvalue weighted by Crippen LogP contribution is -2.17. The van der Waals surface area contributed by atoms with Gasteiger partial charge in [-0.2, -0.15) is 0 Å². The van der Waals surface area contributed by atoms with Crippen LogP contribution in [0.1, 0.15) is 61.4 Å². The molecule has 0 radical (unpaired) electrons. The number of fused-ring (bicyclic) bond motifs is 1. The first-order valence-electron chi connectivity index (χ1n) is 8.09.